The lowest BCUT2D eigenvalue weighted by Gasteiger charge is -2.26. The Bertz CT molecular complexity index is 1240. The van der Waals surface area contributed by atoms with Gasteiger partial charge in [0.15, 0.2) is 0 Å². The molecule has 0 radical (unpaired) electrons. The van der Waals surface area contributed by atoms with Gasteiger partial charge in [-0.1, -0.05) is 6.42 Å². The molecular formula is C22H27N3O6S2. The van der Waals surface area contributed by atoms with Crippen molar-refractivity contribution in [3.63, 3.8) is 0 Å². The molecule has 0 aromatic heterocycles. The molecule has 0 atom stereocenters. The second-order valence-corrected chi connectivity index (χ2v) is 11.7. The maximum absolute atomic E-state index is 13.2. The minimum absolute atomic E-state index is 0.00847. The lowest BCUT2D eigenvalue weighted by atomic mass is 10.2. The van der Waals surface area contributed by atoms with Crippen LogP contribution in [0.15, 0.2) is 52.3 Å². The summed E-state index contributed by atoms with van der Waals surface area (Å²) in [5, 5.41) is 0. The van der Waals surface area contributed by atoms with Crippen LogP contribution in [-0.4, -0.2) is 53.8 Å². The van der Waals surface area contributed by atoms with Crippen LogP contribution in [0.2, 0.25) is 0 Å². The molecule has 11 heteroatoms. The van der Waals surface area contributed by atoms with E-state index >= 15 is 0 Å². The third-order valence-electron chi connectivity index (χ3n) is 5.88. The molecule has 0 bridgehead atoms. The molecule has 0 saturated carbocycles. The highest BCUT2D eigenvalue weighted by Gasteiger charge is 2.30. The van der Waals surface area contributed by atoms with E-state index in [-0.39, 0.29) is 27.1 Å². The minimum atomic E-state index is -3.98. The number of sulfonamides is 2. The van der Waals surface area contributed by atoms with Crippen LogP contribution in [0.5, 0.6) is 5.75 Å². The Kier molecular flexibility index (Phi) is 6.64. The third-order valence-corrected chi connectivity index (χ3v) is 9.20. The normalized spacial score (nSPS) is 17.8. The van der Waals surface area contributed by atoms with Crippen LogP contribution in [0.4, 0.5) is 11.4 Å². The first kappa shape index (κ1) is 23.5. The molecule has 0 aliphatic carbocycles. The van der Waals surface area contributed by atoms with Crippen molar-refractivity contribution in [1.82, 2.24) is 4.31 Å². The van der Waals surface area contributed by atoms with E-state index in [9.17, 15) is 21.6 Å². The number of hydrogen-bond donors (Lipinski definition) is 1. The molecule has 2 aromatic rings. The molecule has 2 aromatic carbocycles. The van der Waals surface area contributed by atoms with Gasteiger partial charge in [0, 0.05) is 31.7 Å². The van der Waals surface area contributed by atoms with Gasteiger partial charge in [-0.2, -0.15) is 4.31 Å². The van der Waals surface area contributed by atoms with Crippen molar-refractivity contribution in [2.45, 2.75) is 41.9 Å². The van der Waals surface area contributed by atoms with Crippen LogP contribution in [0.25, 0.3) is 0 Å². The smallest absolute Gasteiger partial charge is 0.261 e. The zero-order valence-corrected chi connectivity index (χ0v) is 20.0. The summed E-state index contributed by atoms with van der Waals surface area (Å²) in [5.74, 6) is 0.174. The Labute approximate surface area is 194 Å². The quantitative estimate of drug-likeness (QED) is 0.635. The van der Waals surface area contributed by atoms with Crippen LogP contribution < -0.4 is 14.4 Å². The number of amides is 1. The zero-order chi connectivity index (χ0) is 23.6. The van der Waals surface area contributed by atoms with E-state index in [4.69, 9.17) is 4.74 Å². The lowest BCUT2D eigenvalue weighted by molar-refractivity contribution is -0.117. The molecule has 2 aliphatic rings. The van der Waals surface area contributed by atoms with Gasteiger partial charge >= 0.3 is 0 Å². The highest BCUT2D eigenvalue weighted by atomic mass is 32.2. The first-order chi connectivity index (χ1) is 15.7. The Morgan fingerprint density at radius 2 is 1.58 bits per heavy atom. The molecule has 178 valence electrons. The van der Waals surface area contributed by atoms with Crippen LogP contribution in [0.1, 0.15) is 32.1 Å². The Balaban J connectivity index is 1.59. The van der Waals surface area contributed by atoms with Crippen LogP contribution in [0.3, 0.4) is 0 Å². The van der Waals surface area contributed by atoms with Gasteiger partial charge in [0.25, 0.3) is 10.0 Å². The summed E-state index contributed by atoms with van der Waals surface area (Å²) in [7, 11) is -6.43. The van der Waals surface area contributed by atoms with Gasteiger partial charge in [-0.05, 0) is 61.7 Å². The molecule has 4 rings (SSSR count). The third kappa shape index (κ3) is 4.85. The number of carbonyl (C=O) groups is 1. The molecular weight excluding hydrogens is 466 g/mol. The molecule has 2 fully saturated rings. The highest BCUT2D eigenvalue weighted by Crippen LogP contribution is 2.32. The number of carbonyl (C=O) groups excluding carboxylic acids is 1. The number of nitrogens with one attached hydrogen (secondary N) is 1. The summed E-state index contributed by atoms with van der Waals surface area (Å²) >= 11 is 0. The predicted molar refractivity (Wildman–Crippen MR) is 124 cm³/mol. The molecule has 0 spiro atoms. The fourth-order valence-electron chi connectivity index (χ4n) is 4.13. The molecule has 1 amide bonds. The maximum atomic E-state index is 13.2. The van der Waals surface area contributed by atoms with Crippen molar-refractivity contribution in [2.24, 2.45) is 0 Å². The van der Waals surface area contributed by atoms with Gasteiger partial charge < -0.3 is 9.64 Å². The molecule has 2 heterocycles. The Morgan fingerprint density at radius 3 is 2.18 bits per heavy atom. The number of piperidine rings is 1. The number of hydrogen-bond acceptors (Lipinski definition) is 6. The lowest BCUT2D eigenvalue weighted by Crippen LogP contribution is -2.35. The summed E-state index contributed by atoms with van der Waals surface area (Å²) in [5.41, 5.74) is 0.765. The fraction of sp³-hybridized carbons (Fsp3) is 0.409. The van der Waals surface area contributed by atoms with E-state index in [2.05, 4.69) is 4.72 Å². The largest absolute Gasteiger partial charge is 0.495 e. The second kappa shape index (κ2) is 9.32. The van der Waals surface area contributed by atoms with Gasteiger partial charge in [0.2, 0.25) is 15.9 Å². The van der Waals surface area contributed by atoms with Crippen LogP contribution in [-0.2, 0) is 24.8 Å². The van der Waals surface area contributed by atoms with E-state index < -0.39 is 20.0 Å². The molecule has 1 N–H and O–H groups in total. The van der Waals surface area contributed by atoms with Crippen molar-refractivity contribution in [3.8, 4) is 5.75 Å². The predicted octanol–water partition coefficient (Wildman–Crippen LogP) is 2.80. The van der Waals surface area contributed by atoms with Crippen LogP contribution in [0, 0.1) is 0 Å². The molecule has 2 saturated heterocycles. The van der Waals surface area contributed by atoms with E-state index in [1.807, 2.05) is 0 Å². The number of ether oxygens (including phenoxy) is 1. The topological polar surface area (TPSA) is 113 Å². The number of anilines is 2. The summed E-state index contributed by atoms with van der Waals surface area (Å²) in [6.45, 7) is 1.46. The first-order valence-corrected chi connectivity index (χ1v) is 13.8. The highest BCUT2D eigenvalue weighted by molar-refractivity contribution is 7.92. The zero-order valence-electron chi connectivity index (χ0n) is 18.4. The van der Waals surface area contributed by atoms with Gasteiger partial charge in [-0.15, -0.1) is 0 Å². The number of benzene rings is 2. The minimum Gasteiger partial charge on any atom is -0.495 e. The van der Waals surface area contributed by atoms with E-state index in [1.165, 1.54) is 41.7 Å². The summed E-state index contributed by atoms with van der Waals surface area (Å²) < 4.78 is 61.3. The maximum Gasteiger partial charge on any atom is 0.261 e. The fourth-order valence-corrected chi connectivity index (χ4v) is 6.87. The first-order valence-electron chi connectivity index (χ1n) is 10.8. The van der Waals surface area contributed by atoms with Crippen molar-refractivity contribution in [3.05, 3.63) is 42.5 Å². The standard InChI is InChI=1S/C22H27N3O6S2/c1-31-20-12-7-17(16-21(20)33(29,30)24-13-3-2-4-14-24)23-32(27,28)19-10-8-18(9-11-19)25-15-5-6-22(25)26/h7-12,16,23H,2-6,13-15H2,1H3. The Morgan fingerprint density at radius 1 is 0.879 bits per heavy atom. The average molecular weight is 494 g/mol. The van der Waals surface area contributed by atoms with E-state index in [1.54, 1.807) is 17.0 Å². The SMILES string of the molecule is COc1ccc(NS(=O)(=O)c2ccc(N3CCCC3=O)cc2)cc1S(=O)(=O)N1CCCCC1. The molecule has 33 heavy (non-hydrogen) atoms. The van der Waals surface area contributed by atoms with Gasteiger partial charge in [0.05, 0.1) is 17.7 Å². The summed E-state index contributed by atoms with van der Waals surface area (Å²) in [4.78, 5) is 13.5. The molecule has 9 nitrogen and oxygen atoms in total. The number of methoxy groups -OCH3 is 1. The Hall–Kier alpha value is -2.63. The van der Waals surface area contributed by atoms with Crippen molar-refractivity contribution in [1.29, 1.82) is 0 Å². The number of rotatable bonds is 7. The molecule has 2 aliphatic heterocycles. The summed E-state index contributed by atoms with van der Waals surface area (Å²) in [6, 6.07) is 10.2. The van der Waals surface area contributed by atoms with Crippen molar-refractivity contribution < 1.29 is 26.4 Å². The average Bonchev–Trinajstić information content (AvgIpc) is 3.25. The van der Waals surface area contributed by atoms with E-state index in [0.717, 1.165) is 25.7 Å². The van der Waals surface area contributed by atoms with Gasteiger partial charge in [-0.3, -0.25) is 9.52 Å². The summed E-state index contributed by atoms with van der Waals surface area (Å²) in [6.07, 6.45) is 3.82. The van der Waals surface area contributed by atoms with Crippen LogP contribution >= 0.6 is 0 Å². The number of nitrogens with zero attached hydrogens (tertiary/aromatic N) is 2. The molecule has 0 unspecified atom stereocenters. The monoisotopic (exact) mass is 493 g/mol. The van der Waals surface area contributed by atoms with E-state index in [0.29, 0.717) is 31.7 Å². The second-order valence-electron chi connectivity index (χ2n) is 8.08. The van der Waals surface area contributed by atoms with Crippen molar-refractivity contribution >= 4 is 37.3 Å². The van der Waals surface area contributed by atoms with Gasteiger partial charge in [0.1, 0.15) is 10.6 Å². The van der Waals surface area contributed by atoms with Gasteiger partial charge in [-0.25, -0.2) is 16.8 Å². The van der Waals surface area contributed by atoms with Crippen molar-refractivity contribution in [2.75, 3.05) is 36.4 Å².